The number of thiocarbonyl (C=S) groups is 1. The summed E-state index contributed by atoms with van der Waals surface area (Å²) in [5.41, 5.74) is 1.70. The molecule has 208 valence electrons. The zero-order chi connectivity index (χ0) is 29.3. The first-order valence-electron chi connectivity index (χ1n) is 12.3. The lowest BCUT2D eigenvalue weighted by molar-refractivity contribution is -0.114. The van der Waals surface area contributed by atoms with Crippen LogP contribution in [0.3, 0.4) is 0 Å². The minimum absolute atomic E-state index is 0.182. The molecule has 11 nitrogen and oxygen atoms in total. The molecule has 0 bridgehead atoms. The first-order chi connectivity index (χ1) is 19.7. The minimum Gasteiger partial charge on any atom is -0.495 e. The van der Waals surface area contributed by atoms with Crippen molar-refractivity contribution in [2.75, 3.05) is 17.3 Å². The molecule has 5 rings (SSSR count). The summed E-state index contributed by atoms with van der Waals surface area (Å²) in [5, 5.41) is 25.5. The van der Waals surface area contributed by atoms with Crippen LogP contribution < -0.4 is 20.3 Å². The van der Waals surface area contributed by atoms with Gasteiger partial charge in [-0.15, -0.1) is 0 Å². The smallest absolute Gasteiger partial charge is 0.335 e. The van der Waals surface area contributed by atoms with Gasteiger partial charge >= 0.3 is 11.9 Å². The first kappa shape index (κ1) is 27.3. The number of nitrogens with one attached hydrogen (secondary N) is 2. The maximum Gasteiger partial charge on any atom is 0.335 e. The summed E-state index contributed by atoms with van der Waals surface area (Å²) in [6.45, 7) is 1.40. The molecule has 0 aliphatic carbocycles. The van der Waals surface area contributed by atoms with Gasteiger partial charge in [-0.2, -0.15) is 0 Å². The average molecular weight is 573 g/mol. The molecule has 4 N–H and O–H groups in total. The Bertz CT molecular complexity index is 1640. The van der Waals surface area contributed by atoms with Crippen LogP contribution in [0.1, 0.15) is 51.2 Å². The number of aromatic nitrogens is 1. The number of rotatable bonds is 8. The lowest BCUT2D eigenvalue weighted by Crippen LogP contribution is -2.29. The van der Waals surface area contributed by atoms with Crippen molar-refractivity contribution in [2.24, 2.45) is 0 Å². The molecule has 1 aliphatic rings. The van der Waals surface area contributed by atoms with E-state index in [4.69, 9.17) is 21.4 Å². The van der Waals surface area contributed by atoms with E-state index in [0.717, 1.165) is 6.07 Å². The SMILES string of the molecule is COc1ccc(N2C(=S)N[C@H](c3ccccn3)[C@@H]2c2ccc(-c3cc(C(=O)O)cc(C(=O)O)c3)o2)cc1NC(C)=O. The van der Waals surface area contributed by atoms with Crippen LogP contribution in [0.15, 0.2) is 77.3 Å². The number of ether oxygens (including phenoxy) is 1. The number of furan rings is 1. The summed E-state index contributed by atoms with van der Waals surface area (Å²) in [7, 11) is 1.50. The Labute approximate surface area is 239 Å². The van der Waals surface area contributed by atoms with Gasteiger partial charge in [0, 0.05) is 24.4 Å². The van der Waals surface area contributed by atoms with Crippen molar-refractivity contribution in [3.8, 4) is 17.1 Å². The molecule has 4 aromatic rings. The molecular formula is C29H24N4O7S. The largest absolute Gasteiger partial charge is 0.495 e. The third-order valence-corrected chi connectivity index (χ3v) is 6.81. The van der Waals surface area contributed by atoms with E-state index in [2.05, 4.69) is 15.6 Å². The van der Waals surface area contributed by atoms with E-state index >= 15 is 0 Å². The van der Waals surface area contributed by atoms with Crippen LogP contribution in [-0.2, 0) is 4.79 Å². The van der Waals surface area contributed by atoms with Gasteiger partial charge in [-0.25, -0.2) is 9.59 Å². The second-order valence-electron chi connectivity index (χ2n) is 9.17. The van der Waals surface area contributed by atoms with Gasteiger partial charge in [0.1, 0.15) is 23.3 Å². The Morgan fingerprint density at radius 1 is 1.02 bits per heavy atom. The van der Waals surface area contributed by atoms with Gasteiger partial charge in [-0.05, 0) is 72.9 Å². The number of carboxylic acids is 2. The van der Waals surface area contributed by atoms with Crippen LogP contribution in [0.2, 0.25) is 0 Å². The highest BCUT2D eigenvalue weighted by Crippen LogP contribution is 2.44. The summed E-state index contributed by atoms with van der Waals surface area (Å²) in [6.07, 6.45) is 1.67. The van der Waals surface area contributed by atoms with Crippen LogP contribution >= 0.6 is 12.2 Å². The Morgan fingerprint density at radius 3 is 2.37 bits per heavy atom. The Kier molecular flexibility index (Phi) is 7.40. The van der Waals surface area contributed by atoms with Gasteiger partial charge < -0.3 is 34.9 Å². The summed E-state index contributed by atoms with van der Waals surface area (Å²) in [4.78, 5) is 41.5. The average Bonchev–Trinajstić information content (AvgIpc) is 3.57. The number of amides is 1. The highest BCUT2D eigenvalue weighted by Gasteiger charge is 2.43. The number of anilines is 2. The maximum absolute atomic E-state index is 11.9. The molecule has 0 unspecified atom stereocenters. The molecular weight excluding hydrogens is 548 g/mol. The van der Waals surface area contributed by atoms with Crippen LogP contribution in [0.5, 0.6) is 5.75 Å². The van der Waals surface area contributed by atoms with Gasteiger partial charge in [0.25, 0.3) is 0 Å². The van der Waals surface area contributed by atoms with E-state index in [9.17, 15) is 24.6 Å². The molecule has 1 amide bonds. The number of nitrogens with zero attached hydrogens (tertiary/aromatic N) is 2. The fraction of sp³-hybridized carbons (Fsp3) is 0.138. The third kappa shape index (κ3) is 5.45. The van der Waals surface area contributed by atoms with Crippen LogP contribution in [0.4, 0.5) is 11.4 Å². The third-order valence-electron chi connectivity index (χ3n) is 6.50. The van der Waals surface area contributed by atoms with Crippen LogP contribution in [-0.4, -0.2) is 45.3 Å². The lowest BCUT2D eigenvalue weighted by atomic mass is 10.0. The molecule has 2 atom stereocenters. The monoisotopic (exact) mass is 572 g/mol. The van der Waals surface area contributed by atoms with Crippen molar-refractivity contribution >= 4 is 46.6 Å². The number of hydrogen-bond donors (Lipinski definition) is 4. The molecule has 1 saturated heterocycles. The fourth-order valence-electron chi connectivity index (χ4n) is 4.74. The first-order valence-corrected chi connectivity index (χ1v) is 12.7. The van der Waals surface area contributed by atoms with E-state index in [1.165, 1.54) is 26.2 Å². The van der Waals surface area contributed by atoms with Crippen molar-refractivity contribution in [1.82, 2.24) is 10.3 Å². The van der Waals surface area contributed by atoms with E-state index in [0.29, 0.717) is 39.3 Å². The number of aromatic carboxylic acids is 2. The number of carbonyl (C=O) groups is 3. The minimum atomic E-state index is -1.26. The summed E-state index contributed by atoms with van der Waals surface area (Å²) >= 11 is 5.76. The number of hydrogen-bond acceptors (Lipinski definition) is 7. The lowest BCUT2D eigenvalue weighted by Gasteiger charge is -2.27. The second kappa shape index (κ2) is 11.1. The Morgan fingerprint density at radius 2 is 1.76 bits per heavy atom. The molecule has 3 heterocycles. The van der Waals surface area contributed by atoms with Crippen molar-refractivity contribution in [3.63, 3.8) is 0 Å². The molecule has 41 heavy (non-hydrogen) atoms. The number of carboxylic acid groups (broad SMARTS) is 2. The van der Waals surface area contributed by atoms with Crippen molar-refractivity contribution in [2.45, 2.75) is 19.0 Å². The molecule has 0 radical (unpaired) electrons. The van der Waals surface area contributed by atoms with Crippen LogP contribution in [0, 0.1) is 0 Å². The molecule has 12 heteroatoms. The van der Waals surface area contributed by atoms with Gasteiger partial charge in [-0.1, -0.05) is 6.07 Å². The molecule has 2 aromatic carbocycles. The quantitative estimate of drug-likeness (QED) is 0.214. The number of pyridine rings is 1. The summed E-state index contributed by atoms with van der Waals surface area (Å²) in [6, 6.07) is 16.9. The highest BCUT2D eigenvalue weighted by atomic mass is 32.1. The van der Waals surface area contributed by atoms with Crippen molar-refractivity contribution in [3.05, 3.63) is 95.5 Å². The number of benzene rings is 2. The zero-order valence-corrected chi connectivity index (χ0v) is 22.6. The molecule has 1 fully saturated rings. The summed E-state index contributed by atoms with van der Waals surface area (Å²) < 4.78 is 11.7. The zero-order valence-electron chi connectivity index (χ0n) is 21.8. The summed E-state index contributed by atoms with van der Waals surface area (Å²) in [5.74, 6) is -1.60. The van der Waals surface area contributed by atoms with E-state index < -0.39 is 24.0 Å². The molecule has 2 aromatic heterocycles. The van der Waals surface area contributed by atoms with E-state index in [1.807, 2.05) is 17.0 Å². The number of methoxy groups -OCH3 is 1. The topological polar surface area (TPSA) is 154 Å². The second-order valence-corrected chi connectivity index (χ2v) is 9.56. The predicted molar refractivity (Wildman–Crippen MR) is 153 cm³/mol. The fourth-order valence-corrected chi connectivity index (χ4v) is 5.08. The van der Waals surface area contributed by atoms with Crippen molar-refractivity contribution < 1.29 is 33.8 Å². The Balaban J connectivity index is 1.62. The highest BCUT2D eigenvalue weighted by molar-refractivity contribution is 7.80. The van der Waals surface area contributed by atoms with Gasteiger partial charge in [0.05, 0.1) is 35.7 Å². The standard InChI is InChI=1S/C29H24N4O7S/c1-15(34)31-21-14-19(6-7-23(21)39-2)33-26(25(32-29(33)41)20-5-3-4-10-30-20)24-9-8-22(40-24)16-11-17(27(35)36)13-18(12-16)28(37)38/h3-14,25-26H,1-2H3,(H,31,34)(H,32,41)(H,35,36)(H,37,38)/t25-,26+/m1/s1. The maximum atomic E-state index is 11.9. The predicted octanol–water partition coefficient (Wildman–Crippen LogP) is 4.88. The van der Waals surface area contributed by atoms with Crippen LogP contribution in [0.25, 0.3) is 11.3 Å². The Hall–Kier alpha value is -5.23. The van der Waals surface area contributed by atoms with E-state index in [-0.39, 0.29) is 22.8 Å². The van der Waals surface area contributed by atoms with Gasteiger partial charge in [0.2, 0.25) is 5.91 Å². The number of carbonyl (C=O) groups excluding carboxylic acids is 1. The van der Waals surface area contributed by atoms with E-state index in [1.54, 1.807) is 42.6 Å². The van der Waals surface area contributed by atoms with Gasteiger partial charge in [0.15, 0.2) is 5.11 Å². The normalized spacial score (nSPS) is 16.2. The molecule has 0 saturated carbocycles. The molecule has 0 spiro atoms. The molecule has 1 aliphatic heterocycles. The van der Waals surface area contributed by atoms with Gasteiger partial charge in [-0.3, -0.25) is 9.78 Å². The van der Waals surface area contributed by atoms with Crippen molar-refractivity contribution in [1.29, 1.82) is 0 Å².